The van der Waals surface area contributed by atoms with E-state index in [2.05, 4.69) is 4.98 Å². The quantitative estimate of drug-likeness (QED) is 0.863. The number of ether oxygens (including phenoxy) is 2. The lowest BCUT2D eigenvalue weighted by molar-refractivity contribution is 0.0521. The summed E-state index contributed by atoms with van der Waals surface area (Å²) in [6.07, 6.45) is 1.61. The van der Waals surface area contributed by atoms with Crippen molar-refractivity contribution in [1.82, 2.24) is 4.98 Å². The van der Waals surface area contributed by atoms with Gasteiger partial charge in [-0.2, -0.15) is 0 Å². The predicted molar refractivity (Wildman–Crippen MR) is 68.7 cm³/mol. The first-order chi connectivity index (χ1) is 9.17. The average Bonchev–Trinajstić information content (AvgIpc) is 2.88. The van der Waals surface area contributed by atoms with Crippen LogP contribution in [0.15, 0.2) is 30.5 Å². The van der Waals surface area contributed by atoms with Crippen LogP contribution in [0.2, 0.25) is 0 Å². The molecule has 0 amide bonds. The first kappa shape index (κ1) is 13.1. The van der Waals surface area contributed by atoms with Crippen molar-refractivity contribution in [2.24, 2.45) is 0 Å². The standard InChI is InChI=1S/C14H14FNO3/c1-3-19-14(17)13-10(6-7-16-13)9-4-5-12(18-2)11(15)8-9/h4-8,16H,3H2,1-2H3. The van der Waals surface area contributed by atoms with E-state index in [-0.39, 0.29) is 12.4 Å². The number of halogens is 1. The molecule has 0 bridgehead atoms. The Morgan fingerprint density at radius 1 is 1.37 bits per heavy atom. The molecule has 0 saturated heterocycles. The normalized spacial score (nSPS) is 10.3. The second-order valence-electron chi connectivity index (χ2n) is 3.84. The maximum atomic E-state index is 13.7. The van der Waals surface area contributed by atoms with Crippen LogP contribution in [-0.2, 0) is 4.74 Å². The number of carbonyl (C=O) groups is 1. The van der Waals surface area contributed by atoms with Crippen molar-refractivity contribution in [1.29, 1.82) is 0 Å². The molecule has 19 heavy (non-hydrogen) atoms. The Morgan fingerprint density at radius 2 is 2.16 bits per heavy atom. The van der Waals surface area contributed by atoms with Gasteiger partial charge in [0.25, 0.3) is 0 Å². The van der Waals surface area contributed by atoms with E-state index in [1.54, 1.807) is 25.3 Å². The van der Waals surface area contributed by atoms with Crippen LogP contribution in [0.5, 0.6) is 5.75 Å². The Morgan fingerprint density at radius 3 is 2.79 bits per heavy atom. The Labute approximate surface area is 110 Å². The highest BCUT2D eigenvalue weighted by atomic mass is 19.1. The monoisotopic (exact) mass is 263 g/mol. The van der Waals surface area contributed by atoms with Gasteiger partial charge in [-0.05, 0) is 30.7 Å². The van der Waals surface area contributed by atoms with Gasteiger partial charge in [0.1, 0.15) is 5.69 Å². The third kappa shape index (κ3) is 2.59. The van der Waals surface area contributed by atoms with Crippen molar-refractivity contribution in [3.63, 3.8) is 0 Å². The van der Waals surface area contributed by atoms with Gasteiger partial charge in [0, 0.05) is 11.8 Å². The number of hydrogen-bond donors (Lipinski definition) is 1. The smallest absolute Gasteiger partial charge is 0.355 e. The summed E-state index contributed by atoms with van der Waals surface area (Å²) in [4.78, 5) is 14.5. The summed E-state index contributed by atoms with van der Waals surface area (Å²) >= 11 is 0. The van der Waals surface area contributed by atoms with Gasteiger partial charge in [0.15, 0.2) is 11.6 Å². The lowest BCUT2D eigenvalue weighted by atomic mass is 10.1. The number of esters is 1. The van der Waals surface area contributed by atoms with Crippen molar-refractivity contribution >= 4 is 5.97 Å². The molecule has 1 N–H and O–H groups in total. The summed E-state index contributed by atoms with van der Waals surface area (Å²) in [5.41, 5.74) is 1.49. The summed E-state index contributed by atoms with van der Waals surface area (Å²) < 4.78 is 23.5. The summed E-state index contributed by atoms with van der Waals surface area (Å²) in [5.74, 6) is -0.772. The van der Waals surface area contributed by atoms with E-state index in [4.69, 9.17) is 9.47 Å². The number of aromatic amines is 1. The van der Waals surface area contributed by atoms with E-state index in [9.17, 15) is 9.18 Å². The lowest BCUT2D eigenvalue weighted by Crippen LogP contribution is -2.06. The molecule has 0 aliphatic heterocycles. The van der Waals surface area contributed by atoms with Gasteiger partial charge in [-0.25, -0.2) is 9.18 Å². The second-order valence-corrected chi connectivity index (χ2v) is 3.84. The van der Waals surface area contributed by atoms with Crippen LogP contribution in [0.4, 0.5) is 4.39 Å². The van der Waals surface area contributed by atoms with Crippen molar-refractivity contribution in [2.75, 3.05) is 13.7 Å². The van der Waals surface area contributed by atoms with Gasteiger partial charge in [0.2, 0.25) is 0 Å². The van der Waals surface area contributed by atoms with Gasteiger partial charge in [0.05, 0.1) is 13.7 Å². The molecule has 1 aromatic carbocycles. The number of benzene rings is 1. The molecule has 0 spiro atoms. The number of methoxy groups -OCH3 is 1. The van der Waals surface area contributed by atoms with Crippen LogP contribution >= 0.6 is 0 Å². The number of aromatic nitrogens is 1. The third-order valence-electron chi connectivity index (χ3n) is 2.69. The molecule has 0 radical (unpaired) electrons. The fourth-order valence-electron chi connectivity index (χ4n) is 1.82. The number of hydrogen-bond acceptors (Lipinski definition) is 3. The predicted octanol–water partition coefficient (Wildman–Crippen LogP) is 3.01. The average molecular weight is 263 g/mol. The van der Waals surface area contributed by atoms with Crippen molar-refractivity contribution < 1.29 is 18.7 Å². The molecule has 100 valence electrons. The summed E-state index contributed by atoms with van der Waals surface area (Å²) in [7, 11) is 1.40. The maximum Gasteiger partial charge on any atom is 0.355 e. The molecule has 0 unspecified atom stereocenters. The van der Waals surface area contributed by atoms with Gasteiger partial charge in [-0.15, -0.1) is 0 Å². The van der Waals surface area contributed by atoms with E-state index >= 15 is 0 Å². The van der Waals surface area contributed by atoms with Gasteiger partial charge in [-0.1, -0.05) is 6.07 Å². The van der Waals surface area contributed by atoms with E-state index in [0.717, 1.165) is 0 Å². The molecule has 0 fully saturated rings. The highest BCUT2D eigenvalue weighted by Gasteiger charge is 2.16. The van der Waals surface area contributed by atoms with Crippen LogP contribution in [0.3, 0.4) is 0 Å². The van der Waals surface area contributed by atoms with Crippen molar-refractivity contribution in [2.45, 2.75) is 6.92 Å². The minimum absolute atomic E-state index is 0.164. The molecular weight excluding hydrogens is 249 g/mol. The zero-order chi connectivity index (χ0) is 13.8. The van der Waals surface area contributed by atoms with Crippen LogP contribution in [0.25, 0.3) is 11.1 Å². The molecule has 0 atom stereocenters. The fourth-order valence-corrected chi connectivity index (χ4v) is 1.82. The molecule has 4 nitrogen and oxygen atoms in total. The van der Waals surface area contributed by atoms with Crippen molar-refractivity contribution in [3.05, 3.63) is 42.0 Å². The molecule has 0 aliphatic rings. The van der Waals surface area contributed by atoms with Gasteiger partial charge in [-0.3, -0.25) is 0 Å². The highest BCUT2D eigenvalue weighted by molar-refractivity contribution is 5.95. The van der Waals surface area contributed by atoms with Crippen LogP contribution in [0.1, 0.15) is 17.4 Å². The fraction of sp³-hybridized carbons (Fsp3) is 0.214. The van der Waals surface area contributed by atoms with E-state index in [0.29, 0.717) is 16.8 Å². The van der Waals surface area contributed by atoms with Crippen LogP contribution < -0.4 is 4.74 Å². The number of rotatable bonds is 4. The number of H-pyrrole nitrogens is 1. The third-order valence-corrected chi connectivity index (χ3v) is 2.69. The van der Waals surface area contributed by atoms with Crippen LogP contribution in [0, 0.1) is 5.82 Å². The van der Waals surface area contributed by atoms with E-state index in [1.807, 2.05) is 0 Å². The molecule has 5 heteroatoms. The zero-order valence-corrected chi connectivity index (χ0v) is 10.7. The Hall–Kier alpha value is -2.30. The molecule has 1 heterocycles. The largest absolute Gasteiger partial charge is 0.494 e. The first-order valence-corrected chi connectivity index (χ1v) is 5.85. The zero-order valence-electron chi connectivity index (χ0n) is 10.7. The van der Waals surface area contributed by atoms with E-state index in [1.165, 1.54) is 19.2 Å². The highest BCUT2D eigenvalue weighted by Crippen LogP contribution is 2.28. The summed E-state index contributed by atoms with van der Waals surface area (Å²) in [5, 5.41) is 0. The second kappa shape index (κ2) is 5.56. The summed E-state index contributed by atoms with van der Waals surface area (Å²) in [6, 6.07) is 6.23. The SMILES string of the molecule is CCOC(=O)c1[nH]ccc1-c1ccc(OC)c(F)c1. The Balaban J connectivity index is 2.40. The van der Waals surface area contributed by atoms with Gasteiger partial charge < -0.3 is 14.5 Å². The Kier molecular flexibility index (Phi) is 3.85. The molecule has 2 aromatic rings. The lowest BCUT2D eigenvalue weighted by Gasteiger charge is -2.06. The molecule has 1 aromatic heterocycles. The number of nitrogens with one attached hydrogen (secondary N) is 1. The van der Waals surface area contributed by atoms with Crippen LogP contribution in [-0.4, -0.2) is 24.7 Å². The van der Waals surface area contributed by atoms with Gasteiger partial charge >= 0.3 is 5.97 Å². The van der Waals surface area contributed by atoms with Crippen molar-refractivity contribution in [3.8, 4) is 16.9 Å². The topological polar surface area (TPSA) is 51.3 Å². The molecule has 0 saturated carbocycles. The molecule has 0 aliphatic carbocycles. The molecule has 2 rings (SSSR count). The minimum atomic E-state index is -0.476. The Bertz CT molecular complexity index is 592. The molecular formula is C14H14FNO3. The summed E-state index contributed by atoms with van der Waals surface area (Å²) in [6.45, 7) is 2.02. The first-order valence-electron chi connectivity index (χ1n) is 5.85. The van der Waals surface area contributed by atoms with E-state index < -0.39 is 11.8 Å². The number of carbonyl (C=O) groups excluding carboxylic acids is 1. The maximum absolute atomic E-state index is 13.7. The minimum Gasteiger partial charge on any atom is -0.494 e.